The summed E-state index contributed by atoms with van der Waals surface area (Å²) in [5.41, 5.74) is 1.99. The summed E-state index contributed by atoms with van der Waals surface area (Å²) in [5, 5.41) is 10.3. The first-order valence-electron chi connectivity index (χ1n) is 6.75. The van der Waals surface area contributed by atoms with E-state index in [4.69, 9.17) is 11.6 Å². The van der Waals surface area contributed by atoms with Crippen LogP contribution in [0, 0.1) is 5.92 Å². The molecule has 1 fully saturated rings. The van der Waals surface area contributed by atoms with Gasteiger partial charge in [-0.2, -0.15) is 0 Å². The molecular weight excluding hydrogens is 246 g/mol. The standard InChI is InChI=1S/C15H22ClNO/c1-10(2)15-5-4-8-17(15)12-6-7-13(11(3)18)14(16)9-12/h6-7,9-11,15,18H,4-5,8H2,1-3H3. The van der Waals surface area contributed by atoms with Gasteiger partial charge in [-0.15, -0.1) is 0 Å². The van der Waals surface area contributed by atoms with Crippen LogP contribution in [0.3, 0.4) is 0 Å². The molecule has 2 nitrogen and oxygen atoms in total. The predicted octanol–water partition coefficient (Wildman–Crippen LogP) is 4.02. The minimum Gasteiger partial charge on any atom is -0.389 e. The van der Waals surface area contributed by atoms with E-state index in [1.807, 2.05) is 12.1 Å². The van der Waals surface area contributed by atoms with Crippen LogP contribution in [-0.2, 0) is 0 Å². The second-order valence-corrected chi connectivity index (χ2v) is 5.94. The molecule has 0 aromatic heterocycles. The molecule has 0 spiro atoms. The van der Waals surface area contributed by atoms with Crippen molar-refractivity contribution in [2.75, 3.05) is 11.4 Å². The predicted molar refractivity (Wildman–Crippen MR) is 77.3 cm³/mol. The molecule has 100 valence electrons. The van der Waals surface area contributed by atoms with Crippen molar-refractivity contribution in [2.45, 2.75) is 45.8 Å². The fourth-order valence-corrected chi connectivity index (χ4v) is 3.17. The maximum Gasteiger partial charge on any atom is 0.0776 e. The smallest absolute Gasteiger partial charge is 0.0776 e. The molecule has 0 saturated carbocycles. The highest BCUT2D eigenvalue weighted by molar-refractivity contribution is 6.31. The number of benzene rings is 1. The Morgan fingerprint density at radius 3 is 2.61 bits per heavy atom. The Morgan fingerprint density at radius 1 is 1.33 bits per heavy atom. The molecule has 18 heavy (non-hydrogen) atoms. The maximum atomic E-state index is 9.60. The fourth-order valence-electron chi connectivity index (χ4n) is 2.84. The first kappa shape index (κ1) is 13.7. The summed E-state index contributed by atoms with van der Waals surface area (Å²) in [4.78, 5) is 2.45. The first-order valence-corrected chi connectivity index (χ1v) is 7.12. The number of hydrogen-bond acceptors (Lipinski definition) is 2. The van der Waals surface area contributed by atoms with E-state index >= 15 is 0 Å². The van der Waals surface area contributed by atoms with Gasteiger partial charge in [-0.1, -0.05) is 31.5 Å². The molecule has 1 heterocycles. The number of anilines is 1. The number of halogens is 1. The zero-order valence-corrected chi connectivity index (χ0v) is 12.1. The van der Waals surface area contributed by atoms with E-state index in [1.54, 1.807) is 6.92 Å². The lowest BCUT2D eigenvalue weighted by Crippen LogP contribution is -2.33. The number of rotatable bonds is 3. The molecule has 0 bridgehead atoms. The minimum atomic E-state index is -0.508. The zero-order valence-electron chi connectivity index (χ0n) is 11.4. The summed E-state index contributed by atoms with van der Waals surface area (Å²) >= 11 is 6.24. The summed E-state index contributed by atoms with van der Waals surface area (Å²) in [6.45, 7) is 7.39. The van der Waals surface area contributed by atoms with Crippen molar-refractivity contribution >= 4 is 17.3 Å². The highest BCUT2D eigenvalue weighted by Gasteiger charge is 2.27. The van der Waals surface area contributed by atoms with Crippen molar-refractivity contribution in [3.05, 3.63) is 28.8 Å². The van der Waals surface area contributed by atoms with Crippen molar-refractivity contribution in [1.82, 2.24) is 0 Å². The van der Waals surface area contributed by atoms with Crippen LogP contribution in [0.2, 0.25) is 5.02 Å². The molecule has 0 radical (unpaired) electrons. The second-order valence-electron chi connectivity index (χ2n) is 5.53. The van der Waals surface area contributed by atoms with Gasteiger partial charge in [-0.3, -0.25) is 0 Å². The first-order chi connectivity index (χ1) is 8.50. The fraction of sp³-hybridized carbons (Fsp3) is 0.600. The van der Waals surface area contributed by atoms with E-state index in [0.29, 0.717) is 17.0 Å². The van der Waals surface area contributed by atoms with Gasteiger partial charge in [0.05, 0.1) is 6.10 Å². The van der Waals surface area contributed by atoms with Crippen LogP contribution in [-0.4, -0.2) is 17.7 Å². The maximum absolute atomic E-state index is 9.60. The molecule has 1 aliphatic heterocycles. The average Bonchev–Trinajstić information content (AvgIpc) is 2.77. The molecule has 1 saturated heterocycles. The molecule has 2 unspecified atom stereocenters. The summed E-state index contributed by atoms with van der Waals surface area (Å²) in [5.74, 6) is 0.655. The molecule has 1 aliphatic rings. The number of aliphatic hydroxyl groups excluding tert-OH is 1. The lowest BCUT2D eigenvalue weighted by atomic mass is 10.0. The van der Waals surface area contributed by atoms with E-state index in [-0.39, 0.29) is 0 Å². The van der Waals surface area contributed by atoms with E-state index in [0.717, 1.165) is 12.1 Å². The van der Waals surface area contributed by atoms with Crippen LogP contribution in [0.25, 0.3) is 0 Å². The van der Waals surface area contributed by atoms with Gasteiger partial charge in [0, 0.05) is 23.3 Å². The van der Waals surface area contributed by atoms with Gasteiger partial charge in [0.1, 0.15) is 0 Å². The lowest BCUT2D eigenvalue weighted by molar-refractivity contribution is 0.199. The van der Waals surface area contributed by atoms with Crippen LogP contribution >= 0.6 is 11.6 Å². The van der Waals surface area contributed by atoms with Gasteiger partial charge in [-0.25, -0.2) is 0 Å². The summed E-state index contributed by atoms with van der Waals surface area (Å²) in [6.07, 6.45) is 2.00. The zero-order chi connectivity index (χ0) is 13.3. The third-order valence-electron chi connectivity index (χ3n) is 3.83. The van der Waals surface area contributed by atoms with Crippen molar-refractivity contribution in [1.29, 1.82) is 0 Å². The van der Waals surface area contributed by atoms with Crippen molar-refractivity contribution in [2.24, 2.45) is 5.92 Å². The molecule has 1 aromatic rings. The molecule has 2 atom stereocenters. The van der Waals surface area contributed by atoms with Gasteiger partial charge in [0.15, 0.2) is 0 Å². The summed E-state index contributed by atoms with van der Waals surface area (Å²) in [7, 11) is 0. The number of nitrogens with zero attached hydrogens (tertiary/aromatic N) is 1. The molecule has 1 aromatic carbocycles. The minimum absolute atomic E-state index is 0.508. The molecule has 3 heteroatoms. The SMILES string of the molecule is CC(O)c1ccc(N2CCCC2C(C)C)cc1Cl. The largest absolute Gasteiger partial charge is 0.389 e. The lowest BCUT2D eigenvalue weighted by Gasteiger charge is -2.30. The van der Waals surface area contributed by atoms with Gasteiger partial charge in [0.25, 0.3) is 0 Å². The van der Waals surface area contributed by atoms with Crippen molar-refractivity contribution in [3.8, 4) is 0 Å². The van der Waals surface area contributed by atoms with Crippen molar-refractivity contribution in [3.63, 3.8) is 0 Å². The summed E-state index contributed by atoms with van der Waals surface area (Å²) < 4.78 is 0. The van der Waals surface area contributed by atoms with Crippen molar-refractivity contribution < 1.29 is 5.11 Å². The Balaban J connectivity index is 2.26. The van der Waals surface area contributed by atoms with Gasteiger partial charge >= 0.3 is 0 Å². The van der Waals surface area contributed by atoms with Crippen LogP contribution in [0.15, 0.2) is 18.2 Å². The third-order valence-corrected chi connectivity index (χ3v) is 4.16. The Bertz CT molecular complexity index is 417. The van der Waals surface area contributed by atoms with Crippen LogP contribution in [0.5, 0.6) is 0 Å². The molecule has 2 rings (SSSR count). The second kappa shape index (κ2) is 5.50. The topological polar surface area (TPSA) is 23.5 Å². The quantitative estimate of drug-likeness (QED) is 0.894. The highest BCUT2D eigenvalue weighted by atomic mass is 35.5. The molecular formula is C15H22ClNO. The van der Waals surface area contributed by atoms with Gasteiger partial charge < -0.3 is 10.0 Å². The highest BCUT2D eigenvalue weighted by Crippen LogP contribution is 2.33. The Hall–Kier alpha value is -0.730. The van der Waals surface area contributed by atoms with Crippen LogP contribution < -0.4 is 4.90 Å². The van der Waals surface area contributed by atoms with Crippen LogP contribution in [0.1, 0.15) is 45.3 Å². The monoisotopic (exact) mass is 267 g/mol. The van der Waals surface area contributed by atoms with Crippen LogP contribution in [0.4, 0.5) is 5.69 Å². The Morgan fingerprint density at radius 2 is 2.06 bits per heavy atom. The third kappa shape index (κ3) is 2.65. The van der Waals surface area contributed by atoms with E-state index in [1.165, 1.54) is 18.5 Å². The van der Waals surface area contributed by atoms with E-state index in [9.17, 15) is 5.11 Å². The Labute approximate surface area is 115 Å². The average molecular weight is 268 g/mol. The van der Waals surface area contributed by atoms with E-state index in [2.05, 4.69) is 24.8 Å². The number of aliphatic hydroxyl groups is 1. The van der Waals surface area contributed by atoms with Gasteiger partial charge in [0.2, 0.25) is 0 Å². The number of hydrogen-bond donors (Lipinski definition) is 1. The normalized spacial score (nSPS) is 21.7. The molecule has 0 amide bonds. The Kier molecular flexibility index (Phi) is 4.18. The molecule has 0 aliphatic carbocycles. The molecule has 1 N–H and O–H groups in total. The summed E-state index contributed by atoms with van der Waals surface area (Å²) in [6, 6.07) is 6.62. The van der Waals surface area contributed by atoms with E-state index < -0.39 is 6.10 Å². The van der Waals surface area contributed by atoms with Gasteiger partial charge in [-0.05, 0) is 43.4 Å².